The van der Waals surface area contributed by atoms with Gasteiger partial charge in [-0.25, -0.2) is 4.98 Å². The number of aromatic amines is 1. The van der Waals surface area contributed by atoms with Gasteiger partial charge in [0.1, 0.15) is 11.7 Å². The molecule has 0 aliphatic carbocycles. The average molecular weight is 220 g/mol. The minimum absolute atomic E-state index is 0.556. The lowest BCUT2D eigenvalue weighted by Gasteiger charge is -1.98. The van der Waals surface area contributed by atoms with Crippen molar-refractivity contribution in [2.75, 3.05) is 0 Å². The van der Waals surface area contributed by atoms with E-state index in [1.165, 1.54) is 0 Å². The highest BCUT2D eigenvalue weighted by Crippen LogP contribution is 2.27. The topological polar surface area (TPSA) is 65.4 Å². The fourth-order valence-corrected chi connectivity index (χ4v) is 1.84. The summed E-state index contributed by atoms with van der Waals surface area (Å²) >= 11 is 0. The molecule has 0 saturated heterocycles. The molecule has 0 saturated carbocycles. The third kappa shape index (κ3) is 1.54. The van der Waals surface area contributed by atoms with Gasteiger partial charge < -0.3 is 4.98 Å². The molecule has 3 heterocycles. The normalized spacial score (nSPS) is 10.3. The molecule has 0 unspecified atom stereocenters. The predicted molar refractivity (Wildman–Crippen MR) is 64.0 cm³/mol. The second-order valence-corrected chi connectivity index (χ2v) is 3.68. The van der Waals surface area contributed by atoms with E-state index in [1.807, 2.05) is 24.4 Å². The zero-order chi connectivity index (χ0) is 11.7. The molecule has 0 aromatic carbocycles. The van der Waals surface area contributed by atoms with Crippen LogP contribution in [0.1, 0.15) is 5.56 Å². The molecule has 17 heavy (non-hydrogen) atoms. The van der Waals surface area contributed by atoms with Crippen molar-refractivity contribution in [1.82, 2.24) is 15.0 Å². The van der Waals surface area contributed by atoms with Gasteiger partial charge in [-0.15, -0.1) is 0 Å². The molecule has 0 aliphatic rings. The zero-order valence-corrected chi connectivity index (χ0v) is 8.88. The number of nitrogens with zero attached hydrogens (tertiary/aromatic N) is 3. The Hall–Kier alpha value is -2.67. The lowest BCUT2D eigenvalue weighted by Crippen LogP contribution is -1.82. The average Bonchev–Trinajstić information content (AvgIpc) is 2.82. The first-order valence-corrected chi connectivity index (χ1v) is 5.16. The van der Waals surface area contributed by atoms with Crippen LogP contribution in [0.2, 0.25) is 0 Å². The number of pyridine rings is 2. The molecule has 0 amide bonds. The van der Waals surface area contributed by atoms with E-state index < -0.39 is 0 Å². The second kappa shape index (κ2) is 3.72. The number of fused-ring (bicyclic) bond motifs is 1. The number of rotatable bonds is 1. The van der Waals surface area contributed by atoms with Crippen LogP contribution in [0.3, 0.4) is 0 Å². The maximum absolute atomic E-state index is 8.86. The monoisotopic (exact) mass is 220 g/mol. The van der Waals surface area contributed by atoms with Crippen LogP contribution in [0.4, 0.5) is 0 Å². The van der Waals surface area contributed by atoms with Crippen LogP contribution < -0.4 is 0 Å². The molecule has 3 rings (SSSR count). The van der Waals surface area contributed by atoms with Crippen molar-refractivity contribution in [3.05, 3.63) is 48.5 Å². The fourth-order valence-electron chi connectivity index (χ4n) is 1.84. The van der Waals surface area contributed by atoms with E-state index in [1.54, 1.807) is 18.6 Å². The van der Waals surface area contributed by atoms with Crippen molar-refractivity contribution < 1.29 is 0 Å². The van der Waals surface area contributed by atoms with E-state index in [9.17, 15) is 0 Å². The lowest BCUT2D eigenvalue weighted by atomic mass is 10.1. The summed E-state index contributed by atoms with van der Waals surface area (Å²) in [4.78, 5) is 11.4. The van der Waals surface area contributed by atoms with Crippen molar-refractivity contribution in [2.45, 2.75) is 0 Å². The van der Waals surface area contributed by atoms with Gasteiger partial charge in [0.05, 0.1) is 5.56 Å². The molecule has 0 radical (unpaired) electrons. The van der Waals surface area contributed by atoms with E-state index in [-0.39, 0.29) is 0 Å². The third-order valence-electron chi connectivity index (χ3n) is 2.63. The Morgan fingerprint density at radius 3 is 3.12 bits per heavy atom. The maximum atomic E-state index is 8.86. The first-order chi connectivity index (χ1) is 8.38. The van der Waals surface area contributed by atoms with E-state index in [2.05, 4.69) is 21.0 Å². The summed E-state index contributed by atoms with van der Waals surface area (Å²) < 4.78 is 0. The summed E-state index contributed by atoms with van der Waals surface area (Å²) in [6, 6.07) is 7.79. The fraction of sp³-hybridized carbons (Fsp3) is 0. The number of aromatic nitrogens is 3. The van der Waals surface area contributed by atoms with Crippen LogP contribution >= 0.6 is 0 Å². The van der Waals surface area contributed by atoms with Crippen molar-refractivity contribution in [3.8, 4) is 17.2 Å². The van der Waals surface area contributed by atoms with Gasteiger partial charge in [-0.3, -0.25) is 4.98 Å². The molecule has 3 aromatic rings. The van der Waals surface area contributed by atoms with Gasteiger partial charge in [0, 0.05) is 41.3 Å². The molecule has 0 atom stereocenters. The van der Waals surface area contributed by atoms with Crippen LogP contribution in [-0.2, 0) is 0 Å². The molecular weight excluding hydrogens is 212 g/mol. The Morgan fingerprint density at radius 1 is 1.29 bits per heavy atom. The summed E-state index contributed by atoms with van der Waals surface area (Å²) in [6.07, 6.45) is 6.93. The Kier molecular flexibility index (Phi) is 2.09. The molecule has 0 fully saturated rings. The van der Waals surface area contributed by atoms with Gasteiger partial charge >= 0.3 is 0 Å². The van der Waals surface area contributed by atoms with Crippen molar-refractivity contribution in [2.24, 2.45) is 0 Å². The van der Waals surface area contributed by atoms with Crippen molar-refractivity contribution in [3.63, 3.8) is 0 Å². The summed E-state index contributed by atoms with van der Waals surface area (Å²) in [6.45, 7) is 0. The van der Waals surface area contributed by atoms with Crippen LogP contribution in [0.25, 0.3) is 22.2 Å². The highest BCUT2D eigenvalue weighted by molar-refractivity contribution is 5.93. The van der Waals surface area contributed by atoms with Gasteiger partial charge in [-0.2, -0.15) is 5.26 Å². The quantitative estimate of drug-likeness (QED) is 0.685. The molecule has 4 heteroatoms. The largest absolute Gasteiger partial charge is 0.346 e. The van der Waals surface area contributed by atoms with Gasteiger partial charge in [0.2, 0.25) is 0 Å². The molecule has 3 aromatic heterocycles. The smallest absolute Gasteiger partial charge is 0.137 e. The van der Waals surface area contributed by atoms with Crippen LogP contribution in [0, 0.1) is 11.3 Å². The lowest BCUT2D eigenvalue weighted by molar-refractivity contribution is 1.30. The maximum Gasteiger partial charge on any atom is 0.137 e. The summed E-state index contributed by atoms with van der Waals surface area (Å²) in [5.41, 5.74) is 3.33. The number of hydrogen-bond acceptors (Lipinski definition) is 3. The van der Waals surface area contributed by atoms with Gasteiger partial charge in [-0.05, 0) is 18.2 Å². The van der Waals surface area contributed by atoms with Crippen LogP contribution in [0.5, 0.6) is 0 Å². The molecule has 1 N–H and O–H groups in total. The molecule has 0 bridgehead atoms. The minimum atomic E-state index is 0.556. The molecular formula is C13H8N4. The van der Waals surface area contributed by atoms with E-state index in [0.29, 0.717) is 5.56 Å². The summed E-state index contributed by atoms with van der Waals surface area (Å²) in [7, 11) is 0. The second-order valence-electron chi connectivity index (χ2n) is 3.68. The molecule has 4 nitrogen and oxygen atoms in total. The predicted octanol–water partition coefficient (Wildman–Crippen LogP) is 2.50. The van der Waals surface area contributed by atoms with Crippen molar-refractivity contribution in [1.29, 1.82) is 5.26 Å². The van der Waals surface area contributed by atoms with E-state index in [4.69, 9.17) is 5.26 Å². The standard InChI is InChI=1S/C13H8N4/c14-5-9-4-10(7-15-6-9)12-8-17-13-11(12)2-1-3-16-13/h1-4,6-8H,(H,16,17). The first kappa shape index (κ1) is 9.55. The Bertz CT molecular complexity index is 721. The molecule has 0 aliphatic heterocycles. The SMILES string of the molecule is N#Cc1cncc(-c2c[nH]c3ncccc23)c1. The number of nitriles is 1. The minimum Gasteiger partial charge on any atom is -0.346 e. The van der Waals surface area contributed by atoms with Crippen molar-refractivity contribution >= 4 is 11.0 Å². The summed E-state index contributed by atoms with van der Waals surface area (Å²) in [5.74, 6) is 0. The Balaban J connectivity index is 2.24. The molecule has 0 spiro atoms. The number of nitrogens with one attached hydrogen (secondary N) is 1. The van der Waals surface area contributed by atoms with Gasteiger partial charge in [0.15, 0.2) is 0 Å². The van der Waals surface area contributed by atoms with Crippen LogP contribution in [0.15, 0.2) is 43.0 Å². The Labute approximate surface area is 97.6 Å². The zero-order valence-electron chi connectivity index (χ0n) is 8.88. The molecule has 80 valence electrons. The highest BCUT2D eigenvalue weighted by Gasteiger charge is 2.07. The number of hydrogen-bond donors (Lipinski definition) is 1. The first-order valence-electron chi connectivity index (χ1n) is 5.16. The third-order valence-corrected chi connectivity index (χ3v) is 2.63. The highest BCUT2D eigenvalue weighted by atomic mass is 14.8. The van der Waals surface area contributed by atoms with Gasteiger partial charge in [0.25, 0.3) is 0 Å². The van der Waals surface area contributed by atoms with E-state index >= 15 is 0 Å². The van der Waals surface area contributed by atoms with E-state index in [0.717, 1.165) is 22.2 Å². The summed E-state index contributed by atoms with van der Waals surface area (Å²) in [5, 5.41) is 9.89. The van der Waals surface area contributed by atoms with Crippen LogP contribution in [-0.4, -0.2) is 15.0 Å². The number of H-pyrrole nitrogens is 1. The Morgan fingerprint density at radius 2 is 2.24 bits per heavy atom. The van der Waals surface area contributed by atoms with Gasteiger partial charge in [-0.1, -0.05) is 0 Å².